The van der Waals surface area contributed by atoms with Crippen molar-refractivity contribution in [3.63, 3.8) is 0 Å². The minimum atomic E-state index is -6.06. The second-order valence-electron chi connectivity index (χ2n) is 9.20. The number of hydrogen-bond donors (Lipinski definition) is 2. The summed E-state index contributed by atoms with van der Waals surface area (Å²) < 4.78 is 123. The fourth-order valence-corrected chi connectivity index (χ4v) is 4.96. The minimum absolute atomic E-state index is 0.0187. The monoisotopic (exact) mass is 551 g/mol. The summed E-state index contributed by atoms with van der Waals surface area (Å²) in [6.45, 7) is 3.29. The Hall–Kier alpha value is -3.22. The normalized spacial score (nSPS) is 17.6. The van der Waals surface area contributed by atoms with Crippen molar-refractivity contribution in [2.24, 2.45) is 0 Å². The lowest BCUT2D eigenvalue weighted by Crippen LogP contribution is -2.53. The molecule has 0 spiro atoms. The largest absolute Gasteiger partial charge is 0.430 e. The van der Waals surface area contributed by atoms with Gasteiger partial charge < -0.3 is 10.0 Å². The molecule has 13 heteroatoms. The van der Waals surface area contributed by atoms with Crippen LogP contribution in [0.25, 0.3) is 0 Å². The second-order valence-corrected chi connectivity index (χ2v) is 9.20. The summed E-state index contributed by atoms with van der Waals surface area (Å²) in [5.41, 5.74) is -6.79. The van der Waals surface area contributed by atoms with Gasteiger partial charge in [-0.2, -0.15) is 44.6 Å². The summed E-state index contributed by atoms with van der Waals surface area (Å²) in [7, 11) is 0. The Morgan fingerprint density at radius 3 is 2.16 bits per heavy atom. The van der Waals surface area contributed by atoms with Gasteiger partial charge in [0.05, 0.1) is 17.3 Å². The van der Waals surface area contributed by atoms with Crippen LogP contribution in [-0.2, 0) is 24.6 Å². The number of aromatic amines is 1. The maximum absolute atomic E-state index is 14.2. The molecule has 2 atom stereocenters. The molecule has 1 aromatic heterocycles. The average molecular weight is 551 g/mol. The van der Waals surface area contributed by atoms with E-state index in [9.17, 15) is 44.6 Å². The lowest BCUT2D eigenvalue weighted by molar-refractivity contribution is -0.376. The van der Waals surface area contributed by atoms with Crippen molar-refractivity contribution in [3.05, 3.63) is 82.2 Å². The number of aryl methyl sites for hydroxylation is 1. The molecule has 0 amide bonds. The van der Waals surface area contributed by atoms with E-state index in [0.29, 0.717) is 24.1 Å². The minimum Gasteiger partial charge on any atom is -0.369 e. The van der Waals surface area contributed by atoms with E-state index in [1.807, 2.05) is 0 Å². The molecule has 2 N–H and O–H groups in total. The third kappa shape index (κ3) is 4.50. The predicted molar refractivity (Wildman–Crippen MR) is 119 cm³/mol. The SMILES string of the molecule is CCc1ccc(C(c2ccn[nH]2)N2c3ccc(C(O)(C(F)(F)F)C(F)(F)F)cc3CC2C)c(C(F)(F)F)c1. The molecule has 0 fully saturated rings. The van der Waals surface area contributed by atoms with Crippen molar-refractivity contribution in [2.45, 2.75) is 62.9 Å². The van der Waals surface area contributed by atoms with E-state index < -0.39 is 47.3 Å². The van der Waals surface area contributed by atoms with Crippen LogP contribution in [0.15, 0.2) is 48.7 Å². The van der Waals surface area contributed by atoms with Crippen LogP contribution < -0.4 is 4.90 Å². The molecule has 4 nitrogen and oxygen atoms in total. The Bertz CT molecular complexity index is 1280. The zero-order valence-corrected chi connectivity index (χ0v) is 19.9. The summed E-state index contributed by atoms with van der Waals surface area (Å²) in [6.07, 6.45) is -15.3. The highest BCUT2D eigenvalue weighted by molar-refractivity contribution is 5.64. The second kappa shape index (κ2) is 9.21. The number of halogens is 9. The molecule has 1 aliphatic rings. The van der Waals surface area contributed by atoms with E-state index in [1.54, 1.807) is 13.8 Å². The Balaban J connectivity index is 1.90. The summed E-state index contributed by atoms with van der Waals surface area (Å²) >= 11 is 0. The van der Waals surface area contributed by atoms with Gasteiger partial charge in [0, 0.05) is 23.5 Å². The maximum atomic E-state index is 14.2. The van der Waals surface area contributed by atoms with Gasteiger partial charge in [0.2, 0.25) is 0 Å². The molecule has 0 radical (unpaired) electrons. The number of fused-ring (bicyclic) bond motifs is 1. The van der Waals surface area contributed by atoms with Gasteiger partial charge >= 0.3 is 18.5 Å². The van der Waals surface area contributed by atoms with Crippen LogP contribution in [0, 0.1) is 0 Å². The van der Waals surface area contributed by atoms with Gasteiger partial charge in [-0.25, -0.2) is 0 Å². The molecular formula is C25H22F9N3O. The zero-order chi connectivity index (χ0) is 28.3. The molecule has 3 aromatic rings. The van der Waals surface area contributed by atoms with Crippen LogP contribution >= 0.6 is 0 Å². The van der Waals surface area contributed by atoms with Gasteiger partial charge in [0.1, 0.15) is 0 Å². The van der Waals surface area contributed by atoms with Crippen molar-refractivity contribution < 1.29 is 44.6 Å². The Labute approximate surface area is 211 Å². The zero-order valence-electron chi connectivity index (χ0n) is 19.9. The number of hydrogen-bond acceptors (Lipinski definition) is 3. The lowest BCUT2D eigenvalue weighted by atomic mass is 9.90. The van der Waals surface area contributed by atoms with Gasteiger partial charge in [0.15, 0.2) is 0 Å². The van der Waals surface area contributed by atoms with Crippen molar-refractivity contribution >= 4 is 5.69 Å². The molecule has 0 aliphatic carbocycles. The van der Waals surface area contributed by atoms with Crippen molar-refractivity contribution in [1.29, 1.82) is 0 Å². The molecule has 206 valence electrons. The quantitative estimate of drug-likeness (QED) is 0.342. The van der Waals surface area contributed by atoms with E-state index in [2.05, 4.69) is 10.2 Å². The van der Waals surface area contributed by atoms with Gasteiger partial charge in [0.25, 0.3) is 5.60 Å². The number of aromatic nitrogens is 2. The highest BCUT2D eigenvalue weighted by Crippen LogP contribution is 2.52. The number of nitrogens with zero attached hydrogens (tertiary/aromatic N) is 2. The first-order chi connectivity index (χ1) is 17.5. The molecule has 0 saturated carbocycles. The third-order valence-corrected chi connectivity index (χ3v) is 6.81. The predicted octanol–water partition coefficient (Wildman–Crippen LogP) is 6.84. The van der Waals surface area contributed by atoms with E-state index in [0.717, 1.165) is 12.1 Å². The number of rotatable bonds is 5. The summed E-state index contributed by atoms with van der Waals surface area (Å²) in [5, 5.41) is 16.3. The number of anilines is 1. The Morgan fingerprint density at radius 1 is 0.974 bits per heavy atom. The fraction of sp³-hybridized carbons (Fsp3) is 0.400. The highest BCUT2D eigenvalue weighted by atomic mass is 19.4. The van der Waals surface area contributed by atoms with Crippen LogP contribution in [-0.4, -0.2) is 33.7 Å². The maximum Gasteiger partial charge on any atom is 0.430 e. The van der Waals surface area contributed by atoms with E-state index in [1.165, 1.54) is 29.3 Å². The topological polar surface area (TPSA) is 52.2 Å². The van der Waals surface area contributed by atoms with Crippen LogP contribution in [0.5, 0.6) is 0 Å². The summed E-state index contributed by atoms with van der Waals surface area (Å²) in [4.78, 5) is 1.50. The lowest BCUT2D eigenvalue weighted by Gasteiger charge is -2.36. The summed E-state index contributed by atoms with van der Waals surface area (Å²) in [6, 6.07) is 5.62. The molecule has 0 bridgehead atoms. The van der Waals surface area contributed by atoms with Crippen LogP contribution in [0.3, 0.4) is 0 Å². The molecule has 1 aliphatic heterocycles. The van der Waals surface area contributed by atoms with Crippen LogP contribution in [0.4, 0.5) is 45.2 Å². The van der Waals surface area contributed by atoms with Gasteiger partial charge in [-0.1, -0.05) is 31.2 Å². The van der Waals surface area contributed by atoms with Gasteiger partial charge in [-0.05, 0) is 54.7 Å². The van der Waals surface area contributed by atoms with Gasteiger partial charge in [-0.15, -0.1) is 0 Å². The molecule has 4 rings (SSSR count). The third-order valence-electron chi connectivity index (χ3n) is 6.81. The molecule has 0 saturated heterocycles. The molecule has 2 aromatic carbocycles. The molecule has 2 unspecified atom stereocenters. The Kier molecular flexibility index (Phi) is 6.74. The Morgan fingerprint density at radius 2 is 1.63 bits per heavy atom. The van der Waals surface area contributed by atoms with Crippen LogP contribution in [0.1, 0.15) is 53.4 Å². The number of alkyl halides is 9. The summed E-state index contributed by atoms with van der Waals surface area (Å²) in [5.74, 6) is 0. The van der Waals surface area contributed by atoms with Crippen molar-refractivity contribution in [3.8, 4) is 0 Å². The highest BCUT2D eigenvalue weighted by Gasteiger charge is 2.71. The number of benzene rings is 2. The number of aliphatic hydroxyl groups is 1. The van der Waals surface area contributed by atoms with E-state index >= 15 is 0 Å². The van der Waals surface area contributed by atoms with E-state index in [-0.39, 0.29) is 28.9 Å². The van der Waals surface area contributed by atoms with Crippen molar-refractivity contribution in [2.75, 3.05) is 4.90 Å². The van der Waals surface area contributed by atoms with Gasteiger partial charge in [-0.3, -0.25) is 5.10 Å². The average Bonchev–Trinajstić information content (AvgIpc) is 3.44. The fourth-order valence-electron chi connectivity index (χ4n) is 4.96. The number of H-pyrrole nitrogens is 1. The van der Waals surface area contributed by atoms with E-state index in [4.69, 9.17) is 0 Å². The molecule has 38 heavy (non-hydrogen) atoms. The first-order valence-corrected chi connectivity index (χ1v) is 11.5. The number of nitrogens with one attached hydrogen (secondary N) is 1. The molecule has 2 heterocycles. The van der Waals surface area contributed by atoms with Crippen molar-refractivity contribution in [1.82, 2.24) is 10.2 Å². The van der Waals surface area contributed by atoms with Crippen LogP contribution in [0.2, 0.25) is 0 Å². The smallest absolute Gasteiger partial charge is 0.369 e. The first kappa shape index (κ1) is 27.8. The standard InChI is InChI=1S/C25H22F9N3O/c1-3-14-4-6-17(18(11-14)23(26,27)28)21(19-8-9-35-36-19)37-13(2)10-15-12-16(5-7-20(15)37)22(38,24(29,30)31)25(32,33)34/h4-9,11-13,21,38H,3,10H2,1-2H3,(H,35,36). The first-order valence-electron chi connectivity index (χ1n) is 11.5. The molecular weight excluding hydrogens is 529 g/mol.